The van der Waals surface area contributed by atoms with Crippen molar-refractivity contribution < 1.29 is 13.6 Å². The Labute approximate surface area is 49.7 Å². The van der Waals surface area contributed by atoms with Gasteiger partial charge in [0, 0.05) is 0 Å². The zero-order chi connectivity index (χ0) is 7.28. The molecule has 9 heavy (non-hydrogen) atoms. The molecule has 0 unspecified atom stereocenters. The van der Waals surface area contributed by atoms with E-state index in [2.05, 4.69) is 10.8 Å². The maximum absolute atomic E-state index is 11.1. The monoisotopic (exact) mass is 137 g/mol. The first-order valence-corrected chi connectivity index (χ1v) is 1.99. The molecule has 52 valence electrons. The van der Waals surface area contributed by atoms with Crippen molar-refractivity contribution in [3.05, 3.63) is 0 Å². The summed E-state index contributed by atoms with van der Waals surface area (Å²) in [6.45, 7) is 0. The molecule has 0 heterocycles. The van der Waals surface area contributed by atoms with E-state index in [0.717, 1.165) is 0 Å². The molecule has 0 aliphatic carbocycles. The molecule has 0 spiro atoms. The number of primary amides is 1. The molecule has 0 aliphatic heterocycles. The second-order valence-electron chi connectivity index (χ2n) is 1.09. The van der Waals surface area contributed by atoms with Crippen LogP contribution in [-0.4, -0.2) is 18.7 Å². The Hall–Kier alpha value is -1.20. The molecule has 0 aliphatic rings. The van der Waals surface area contributed by atoms with Crippen LogP contribution in [0.25, 0.3) is 0 Å². The highest BCUT2D eigenvalue weighted by molar-refractivity contribution is 5.73. The van der Waals surface area contributed by atoms with Crippen LogP contribution in [0.4, 0.5) is 13.6 Å². The van der Waals surface area contributed by atoms with Crippen LogP contribution < -0.4 is 11.2 Å². The van der Waals surface area contributed by atoms with Crippen LogP contribution in [-0.2, 0) is 0 Å². The fraction of sp³-hybridized carbons (Fsp3) is 0.333. The standard InChI is InChI=1S/C3H5F2N3O/c4-2(5)1-7-8-3(6)9/h1-2H,(H3,6,8,9)/b7-1+. The number of hydrogen-bond donors (Lipinski definition) is 2. The van der Waals surface area contributed by atoms with E-state index in [1.54, 1.807) is 5.43 Å². The molecule has 6 heteroatoms. The summed E-state index contributed by atoms with van der Waals surface area (Å²) in [4.78, 5) is 9.73. The van der Waals surface area contributed by atoms with E-state index in [0.29, 0.717) is 0 Å². The zero-order valence-corrected chi connectivity index (χ0v) is 4.34. The fourth-order valence-electron chi connectivity index (χ4n) is 0.157. The normalized spacial score (nSPS) is 10.6. The average Bonchev–Trinajstić information content (AvgIpc) is 1.63. The lowest BCUT2D eigenvalue weighted by atomic mass is 10.8. The lowest BCUT2D eigenvalue weighted by molar-refractivity contribution is 0.230. The third-order valence-electron chi connectivity index (χ3n) is 0.362. The second-order valence-corrected chi connectivity index (χ2v) is 1.09. The molecular formula is C3H5F2N3O. The number of nitrogens with zero attached hydrogens (tertiary/aromatic N) is 1. The van der Waals surface area contributed by atoms with Gasteiger partial charge in [0.05, 0.1) is 6.21 Å². The Morgan fingerprint density at radius 3 is 2.67 bits per heavy atom. The van der Waals surface area contributed by atoms with Crippen molar-refractivity contribution in [1.82, 2.24) is 5.43 Å². The van der Waals surface area contributed by atoms with Gasteiger partial charge in [0.2, 0.25) is 0 Å². The molecule has 0 atom stereocenters. The predicted octanol–water partition coefficient (Wildman–Crippen LogP) is -0.0944. The molecule has 4 nitrogen and oxygen atoms in total. The van der Waals surface area contributed by atoms with Gasteiger partial charge in [0.25, 0.3) is 6.43 Å². The van der Waals surface area contributed by atoms with E-state index in [1.807, 2.05) is 0 Å². The SMILES string of the molecule is NC(=O)N/N=C/C(F)F. The van der Waals surface area contributed by atoms with Gasteiger partial charge in [-0.1, -0.05) is 0 Å². The average molecular weight is 137 g/mol. The first-order valence-electron chi connectivity index (χ1n) is 1.99. The van der Waals surface area contributed by atoms with Gasteiger partial charge in [0.15, 0.2) is 0 Å². The Bertz CT molecular complexity index is 124. The number of halogens is 2. The predicted molar refractivity (Wildman–Crippen MR) is 27.2 cm³/mol. The van der Waals surface area contributed by atoms with Gasteiger partial charge in [-0.2, -0.15) is 5.10 Å². The van der Waals surface area contributed by atoms with Gasteiger partial charge >= 0.3 is 6.03 Å². The van der Waals surface area contributed by atoms with Crippen molar-refractivity contribution in [2.24, 2.45) is 10.8 Å². The number of alkyl halides is 2. The van der Waals surface area contributed by atoms with E-state index >= 15 is 0 Å². The van der Waals surface area contributed by atoms with Crippen molar-refractivity contribution in [3.63, 3.8) is 0 Å². The summed E-state index contributed by atoms with van der Waals surface area (Å²) in [5, 5.41) is 2.77. The topological polar surface area (TPSA) is 67.5 Å². The molecule has 2 amide bonds. The van der Waals surface area contributed by atoms with Gasteiger partial charge in [-0.15, -0.1) is 0 Å². The summed E-state index contributed by atoms with van der Waals surface area (Å²) in [7, 11) is 0. The Balaban J connectivity index is 3.36. The van der Waals surface area contributed by atoms with Gasteiger partial charge in [-0.25, -0.2) is 19.0 Å². The van der Waals surface area contributed by atoms with Crippen molar-refractivity contribution >= 4 is 12.2 Å². The quantitative estimate of drug-likeness (QED) is 0.405. The van der Waals surface area contributed by atoms with Gasteiger partial charge < -0.3 is 5.73 Å². The number of urea groups is 1. The van der Waals surface area contributed by atoms with Crippen molar-refractivity contribution in [2.45, 2.75) is 6.43 Å². The van der Waals surface area contributed by atoms with E-state index in [4.69, 9.17) is 0 Å². The van der Waals surface area contributed by atoms with E-state index < -0.39 is 12.5 Å². The van der Waals surface area contributed by atoms with Crippen molar-refractivity contribution in [2.75, 3.05) is 0 Å². The van der Waals surface area contributed by atoms with Gasteiger partial charge in [0.1, 0.15) is 0 Å². The largest absolute Gasteiger partial charge is 0.350 e. The molecule has 0 radical (unpaired) electrons. The first-order chi connectivity index (χ1) is 4.13. The number of hydrogen-bond acceptors (Lipinski definition) is 2. The lowest BCUT2D eigenvalue weighted by Gasteiger charge is -1.88. The Morgan fingerprint density at radius 2 is 2.33 bits per heavy atom. The molecule has 0 aromatic rings. The van der Waals surface area contributed by atoms with Crippen LogP contribution in [0.1, 0.15) is 0 Å². The maximum atomic E-state index is 11.1. The second kappa shape index (κ2) is 3.76. The summed E-state index contributed by atoms with van der Waals surface area (Å²) in [5.41, 5.74) is 6.08. The number of amides is 2. The summed E-state index contributed by atoms with van der Waals surface area (Å²) >= 11 is 0. The maximum Gasteiger partial charge on any atom is 0.332 e. The van der Waals surface area contributed by atoms with Crippen LogP contribution in [0.15, 0.2) is 5.10 Å². The zero-order valence-electron chi connectivity index (χ0n) is 4.34. The van der Waals surface area contributed by atoms with E-state index in [1.165, 1.54) is 0 Å². The fourth-order valence-corrected chi connectivity index (χ4v) is 0.157. The Morgan fingerprint density at radius 1 is 1.78 bits per heavy atom. The molecular weight excluding hydrogens is 132 g/mol. The number of carbonyl (C=O) groups is 1. The molecule has 0 bridgehead atoms. The van der Waals surface area contributed by atoms with E-state index in [-0.39, 0.29) is 6.21 Å². The molecule has 0 fully saturated rings. The minimum Gasteiger partial charge on any atom is -0.350 e. The van der Waals surface area contributed by atoms with E-state index in [9.17, 15) is 13.6 Å². The highest BCUT2D eigenvalue weighted by Gasteiger charge is 1.93. The highest BCUT2D eigenvalue weighted by atomic mass is 19.3. The smallest absolute Gasteiger partial charge is 0.332 e. The van der Waals surface area contributed by atoms with Crippen molar-refractivity contribution in [3.8, 4) is 0 Å². The number of nitrogens with two attached hydrogens (primary N) is 1. The third-order valence-corrected chi connectivity index (χ3v) is 0.362. The molecule has 3 N–H and O–H groups in total. The minimum absolute atomic E-state index is 0.269. The number of nitrogens with one attached hydrogen (secondary N) is 1. The molecule has 0 saturated carbocycles. The minimum atomic E-state index is -2.67. The van der Waals surface area contributed by atoms with Gasteiger partial charge in [-0.05, 0) is 0 Å². The number of rotatable bonds is 2. The molecule has 0 aromatic carbocycles. The molecule has 0 rings (SSSR count). The Kier molecular flexibility index (Phi) is 3.26. The molecule has 0 saturated heterocycles. The van der Waals surface area contributed by atoms with Crippen LogP contribution in [0.5, 0.6) is 0 Å². The third kappa shape index (κ3) is 6.80. The summed E-state index contributed by atoms with van der Waals surface area (Å²) in [6, 6.07) is -0.966. The van der Waals surface area contributed by atoms with Crippen LogP contribution in [0.3, 0.4) is 0 Å². The lowest BCUT2D eigenvalue weighted by Crippen LogP contribution is -2.24. The van der Waals surface area contributed by atoms with Crippen molar-refractivity contribution in [1.29, 1.82) is 0 Å². The van der Waals surface area contributed by atoms with Crippen LogP contribution in [0, 0.1) is 0 Å². The highest BCUT2D eigenvalue weighted by Crippen LogP contribution is 1.83. The van der Waals surface area contributed by atoms with Gasteiger partial charge in [-0.3, -0.25) is 0 Å². The summed E-state index contributed by atoms with van der Waals surface area (Å²) in [6.07, 6.45) is -2.40. The van der Waals surface area contributed by atoms with Crippen LogP contribution in [0.2, 0.25) is 0 Å². The summed E-state index contributed by atoms with van der Waals surface area (Å²) < 4.78 is 22.3. The number of hydrazone groups is 1. The van der Waals surface area contributed by atoms with Crippen LogP contribution >= 0.6 is 0 Å². The number of carbonyl (C=O) groups excluding carboxylic acids is 1. The first kappa shape index (κ1) is 7.80. The molecule has 0 aromatic heterocycles. The summed E-state index contributed by atoms with van der Waals surface area (Å²) in [5.74, 6) is 0.